The van der Waals surface area contributed by atoms with Gasteiger partial charge >= 0.3 is 0 Å². The molecule has 3 heteroatoms. The van der Waals surface area contributed by atoms with E-state index in [0.29, 0.717) is 0 Å². The van der Waals surface area contributed by atoms with Crippen LogP contribution >= 0.6 is 0 Å². The van der Waals surface area contributed by atoms with Gasteiger partial charge in [0.25, 0.3) is 5.56 Å². The van der Waals surface area contributed by atoms with E-state index in [1.54, 1.807) is 6.07 Å². The van der Waals surface area contributed by atoms with Gasteiger partial charge in [0.15, 0.2) is 0 Å². The molecule has 0 radical (unpaired) electrons. The minimum Gasteiger partial charge on any atom is -0.324 e. The van der Waals surface area contributed by atoms with Gasteiger partial charge in [-0.25, -0.2) is 0 Å². The predicted octanol–water partition coefficient (Wildman–Crippen LogP) is 2.71. The molecule has 1 heterocycles. The summed E-state index contributed by atoms with van der Waals surface area (Å²) in [6, 6.07) is 13.8. The van der Waals surface area contributed by atoms with Gasteiger partial charge in [-0.1, -0.05) is 24.3 Å². The summed E-state index contributed by atoms with van der Waals surface area (Å²) in [7, 11) is 0. The summed E-state index contributed by atoms with van der Waals surface area (Å²) in [6.45, 7) is 0. The van der Waals surface area contributed by atoms with Crippen molar-refractivity contribution < 1.29 is 0 Å². The van der Waals surface area contributed by atoms with Gasteiger partial charge in [0, 0.05) is 11.6 Å². The van der Waals surface area contributed by atoms with Crippen LogP contribution in [0.3, 0.4) is 0 Å². The lowest BCUT2D eigenvalue weighted by atomic mass is 9.81. The Morgan fingerprint density at radius 3 is 2.84 bits per heavy atom. The van der Waals surface area contributed by atoms with Crippen molar-refractivity contribution in [2.24, 2.45) is 0 Å². The van der Waals surface area contributed by atoms with Crippen LogP contribution in [0.1, 0.15) is 41.1 Å². The Labute approximate surface area is 111 Å². The number of hydrogen-bond donors (Lipinski definition) is 1. The summed E-state index contributed by atoms with van der Waals surface area (Å²) < 4.78 is 0. The molecule has 0 amide bonds. The standard InChI is InChI=1S/C16H14N2O/c17-10-12-8-9-15(18-16(12)19)14-7-3-5-11-4-1-2-6-13(11)14/h1-2,4,6,8-9,14H,3,5,7H2,(H,18,19). The second kappa shape index (κ2) is 4.74. The molecular weight excluding hydrogens is 236 g/mol. The highest BCUT2D eigenvalue weighted by molar-refractivity contribution is 5.39. The largest absolute Gasteiger partial charge is 0.324 e. The second-order valence-electron chi connectivity index (χ2n) is 4.91. The van der Waals surface area contributed by atoms with Gasteiger partial charge in [-0.2, -0.15) is 5.26 Å². The van der Waals surface area contributed by atoms with Gasteiger partial charge in [-0.15, -0.1) is 0 Å². The molecule has 1 aromatic carbocycles. The first-order valence-electron chi connectivity index (χ1n) is 6.50. The number of aryl methyl sites for hydroxylation is 1. The molecule has 0 spiro atoms. The Balaban J connectivity index is 2.07. The highest BCUT2D eigenvalue weighted by Gasteiger charge is 2.22. The number of nitrogens with one attached hydrogen (secondary N) is 1. The van der Waals surface area contributed by atoms with Crippen LogP contribution in [0.25, 0.3) is 0 Å². The van der Waals surface area contributed by atoms with E-state index in [-0.39, 0.29) is 17.0 Å². The third-order valence-electron chi connectivity index (χ3n) is 3.80. The fourth-order valence-electron chi connectivity index (χ4n) is 2.86. The summed E-state index contributed by atoms with van der Waals surface area (Å²) in [5.74, 6) is 0.241. The maximum Gasteiger partial charge on any atom is 0.266 e. The molecule has 1 aliphatic carbocycles. The van der Waals surface area contributed by atoms with Crippen LogP contribution in [-0.4, -0.2) is 4.98 Å². The molecule has 3 nitrogen and oxygen atoms in total. The first-order valence-corrected chi connectivity index (χ1v) is 6.50. The number of hydrogen-bond acceptors (Lipinski definition) is 2. The summed E-state index contributed by atoms with van der Waals surface area (Å²) in [5.41, 5.74) is 3.46. The molecule has 1 N–H and O–H groups in total. The number of fused-ring (bicyclic) bond motifs is 1. The Morgan fingerprint density at radius 1 is 1.21 bits per heavy atom. The maximum atomic E-state index is 11.7. The molecule has 19 heavy (non-hydrogen) atoms. The zero-order valence-corrected chi connectivity index (χ0v) is 10.5. The van der Waals surface area contributed by atoms with E-state index in [1.807, 2.05) is 18.2 Å². The number of rotatable bonds is 1. The quantitative estimate of drug-likeness (QED) is 0.846. The SMILES string of the molecule is N#Cc1ccc(C2CCCc3ccccc32)[nH]c1=O. The predicted molar refractivity (Wildman–Crippen MR) is 73.0 cm³/mol. The number of H-pyrrole nitrogens is 1. The van der Waals surface area contributed by atoms with Crippen molar-refractivity contribution >= 4 is 0 Å². The first kappa shape index (κ1) is 11.7. The maximum absolute atomic E-state index is 11.7. The molecule has 0 fully saturated rings. The van der Waals surface area contributed by atoms with Gasteiger partial charge in [0.1, 0.15) is 11.6 Å². The van der Waals surface area contributed by atoms with Crippen molar-refractivity contribution in [1.82, 2.24) is 4.98 Å². The fraction of sp³-hybridized carbons (Fsp3) is 0.250. The van der Waals surface area contributed by atoms with Crippen LogP contribution in [-0.2, 0) is 6.42 Å². The average molecular weight is 250 g/mol. The van der Waals surface area contributed by atoms with Crippen molar-refractivity contribution in [2.75, 3.05) is 0 Å². The number of pyridine rings is 1. The smallest absolute Gasteiger partial charge is 0.266 e. The van der Waals surface area contributed by atoms with Gasteiger partial charge < -0.3 is 4.98 Å². The molecule has 3 rings (SSSR count). The van der Waals surface area contributed by atoms with Crippen LogP contribution < -0.4 is 5.56 Å². The van der Waals surface area contributed by atoms with Crippen LogP contribution in [0.15, 0.2) is 41.2 Å². The summed E-state index contributed by atoms with van der Waals surface area (Å²) in [4.78, 5) is 14.6. The monoisotopic (exact) mass is 250 g/mol. The molecule has 0 aliphatic heterocycles. The fourth-order valence-corrected chi connectivity index (χ4v) is 2.86. The van der Waals surface area contributed by atoms with E-state index in [0.717, 1.165) is 25.0 Å². The molecule has 1 unspecified atom stereocenters. The zero-order valence-electron chi connectivity index (χ0n) is 10.5. The first-order chi connectivity index (χ1) is 9.29. The van der Waals surface area contributed by atoms with Crippen molar-refractivity contribution in [3.63, 3.8) is 0 Å². The van der Waals surface area contributed by atoms with Gasteiger partial charge in [-0.05, 0) is 42.5 Å². The van der Waals surface area contributed by atoms with E-state index in [2.05, 4.69) is 23.2 Å². The molecule has 1 atom stereocenters. The van der Waals surface area contributed by atoms with E-state index in [4.69, 9.17) is 5.26 Å². The lowest BCUT2D eigenvalue weighted by molar-refractivity contribution is 0.603. The lowest BCUT2D eigenvalue weighted by Gasteiger charge is -2.25. The van der Waals surface area contributed by atoms with E-state index < -0.39 is 0 Å². The molecule has 0 saturated carbocycles. The van der Waals surface area contributed by atoms with Crippen LogP contribution in [0.5, 0.6) is 0 Å². The highest BCUT2D eigenvalue weighted by atomic mass is 16.1. The summed E-state index contributed by atoms with van der Waals surface area (Å²) >= 11 is 0. The number of aromatic amines is 1. The van der Waals surface area contributed by atoms with Gasteiger partial charge in [0.05, 0.1) is 0 Å². The summed E-state index contributed by atoms with van der Waals surface area (Å²) in [5, 5.41) is 8.81. The van der Waals surface area contributed by atoms with Crippen molar-refractivity contribution in [3.8, 4) is 6.07 Å². The third-order valence-corrected chi connectivity index (χ3v) is 3.80. The molecular formula is C16H14N2O. The topological polar surface area (TPSA) is 56.6 Å². The zero-order chi connectivity index (χ0) is 13.2. The Kier molecular flexibility index (Phi) is 2.92. The Bertz CT molecular complexity index is 709. The van der Waals surface area contributed by atoms with Crippen LogP contribution in [0, 0.1) is 11.3 Å². The van der Waals surface area contributed by atoms with Gasteiger partial charge in [0.2, 0.25) is 0 Å². The molecule has 0 bridgehead atoms. The third kappa shape index (κ3) is 2.06. The van der Waals surface area contributed by atoms with E-state index >= 15 is 0 Å². The molecule has 1 aromatic heterocycles. The van der Waals surface area contributed by atoms with E-state index in [1.165, 1.54) is 11.1 Å². The number of nitriles is 1. The number of aromatic nitrogens is 1. The normalized spacial score (nSPS) is 17.5. The lowest BCUT2D eigenvalue weighted by Crippen LogP contribution is -2.18. The Morgan fingerprint density at radius 2 is 2.05 bits per heavy atom. The number of nitrogens with zero attached hydrogens (tertiary/aromatic N) is 1. The highest BCUT2D eigenvalue weighted by Crippen LogP contribution is 2.35. The second-order valence-corrected chi connectivity index (χ2v) is 4.91. The van der Waals surface area contributed by atoms with Crippen LogP contribution in [0.4, 0.5) is 0 Å². The van der Waals surface area contributed by atoms with Crippen molar-refractivity contribution in [1.29, 1.82) is 5.26 Å². The van der Waals surface area contributed by atoms with E-state index in [9.17, 15) is 4.79 Å². The molecule has 94 valence electrons. The number of benzene rings is 1. The molecule has 1 aliphatic rings. The molecule has 2 aromatic rings. The summed E-state index contributed by atoms with van der Waals surface area (Å²) in [6.07, 6.45) is 3.27. The molecule has 0 saturated heterocycles. The van der Waals surface area contributed by atoms with Gasteiger partial charge in [-0.3, -0.25) is 4.79 Å². The minimum atomic E-state index is -0.289. The minimum absolute atomic E-state index is 0.174. The Hall–Kier alpha value is -2.34. The van der Waals surface area contributed by atoms with Crippen molar-refractivity contribution in [2.45, 2.75) is 25.2 Å². The van der Waals surface area contributed by atoms with Crippen molar-refractivity contribution in [3.05, 3.63) is 69.1 Å². The van der Waals surface area contributed by atoms with Crippen LogP contribution in [0.2, 0.25) is 0 Å². The average Bonchev–Trinajstić information content (AvgIpc) is 2.46.